The van der Waals surface area contributed by atoms with Crippen LogP contribution in [0.1, 0.15) is 33.1 Å². The Hall–Kier alpha value is 0.830. The summed E-state index contributed by atoms with van der Waals surface area (Å²) in [4.78, 5) is 5.35. The van der Waals surface area contributed by atoms with Gasteiger partial charge in [0.1, 0.15) is 0 Å². The zero-order valence-electron chi connectivity index (χ0n) is 10.4. The summed E-state index contributed by atoms with van der Waals surface area (Å²) in [6, 6.07) is 0. The van der Waals surface area contributed by atoms with E-state index in [1.54, 1.807) is 5.06 Å². The molecule has 92 valence electrons. The van der Waals surface area contributed by atoms with E-state index in [1.165, 1.54) is 0 Å². The second kappa shape index (κ2) is 11.0. The first-order valence-electron chi connectivity index (χ1n) is 5.31. The number of hydrogen-bond acceptors (Lipinski definition) is 5. The molecule has 0 aliphatic carbocycles. The van der Waals surface area contributed by atoms with Crippen molar-refractivity contribution in [2.24, 2.45) is 0 Å². The van der Waals surface area contributed by atoms with E-state index >= 15 is 0 Å². The van der Waals surface area contributed by atoms with E-state index in [4.69, 9.17) is 4.84 Å². The third-order valence-electron chi connectivity index (χ3n) is 1.84. The summed E-state index contributed by atoms with van der Waals surface area (Å²) < 4.78 is 31.3. The van der Waals surface area contributed by atoms with Gasteiger partial charge in [-0.25, -0.2) is 8.42 Å². The Kier molecular flexibility index (Phi) is 13.1. The smallest absolute Gasteiger partial charge is 0.748 e. The summed E-state index contributed by atoms with van der Waals surface area (Å²) in [5.41, 5.74) is 0. The van der Waals surface area contributed by atoms with Crippen LogP contribution < -0.4 is 29.6 Å². The van der Waals surface area contributed by atoms with Gasteiger partial charge >= 0.3 is 29.6 Å². The van der Waals surface area contributed by atoms with Crippen LogP contribution >= 0.6 is 0 Å². The Morgan fingerprint density at radius 2 is 1.81 bits per heavy atom. The molecule has 0 spiro atoms. The third kappa shape index (κ3) is 12.9. The van der Waals surface area contributed by atoms with Gasteiger partial charge in [0.25, 0.3) is 0 Å². The maximum absolute atomic E-state index is 10.4. The Labute approximate surface area is 121 Å². The van der Waals surface area contributed by atoms with Crippen LogP contribution in [-0.4, -0.2) is 43.5 Å². The number of nitrogens with zero attached hydrogens (tertiary/aromatic N) is 1. The van der Waals surface area contributed by atoms with E-state index in [2.05, 4.69) is 6.92 Å². The molecular weight excluding hydrogens is 241 g/mol. The predicted molar refractivity (Wildman–Crippen MR) is 57.3 cm³/mol. The fourth-order valence-corrected chi connectivity index (χ4v) is 1.47. The van der Waals surface area contributed by atoms with Crippen molar-refractivity contribution >= 4 is 10.1 Å². The molecule has 16 heavy (non-hydrogen) atoms. The SMILES string of the molecule is CCCCON(CCC)CCS(=O)(=O)[O-].[Na+]. The molecule has 0 fully saturated rings. The van der Waals surface area contributed by atoms with Gasteiger partial charge in [0.05, 0.1) is 22.5 Å². The Morgan fingerprint density at radius 1 is 1.19 bits per heavy atom. The molecule has 0 unspecified atom stereocenters. The van der Waals surface area contributed by atoms with Crippen LogP contribution in [0.5, 0.6) is 0 Å². The second-order valence-electron chi connectivity index (χ2n) is 3.38. The summed E-state index contributed by atoms with van der Waals surface area (Å²) in [5.74, 6) is -0.390. The number of rotatable bonds is 9. The number of hydrogen-bond donors (Lipinski definition) is 0. The molecule has 0 rings (SSSR count). The Balaban J connectivity index is 0. The predicted octanol–water partition coefficient (Wildman–Crippen LogP) is -2.02. The van der Waals surface area contributed by atoms with Gasteiger partial charge in [0.15, 0.2) is 0 Å². The Bertz CT molecular complexity index is 246. The molecule has 0 heterocycles. The summed E-state index contributed by atoms with van der Waals surface area (Å²) in [6.45, 7) is 5.41. The van der Waals surface area contributed by atoms with Gasteiger partial charge in [-0.15, -0.1) is 0 Å². The van der Waals surface area contributed by atoms with Gasteiger partial charge < -0.3 is 4.55 Å². The maximum Gasteiger partial charge on any atom is 1.00 e. The van der Waals surface area contributed by atoms with Crippen molar-refractivity contribution in [2.45, 2.75) is 33.1 Å². The van der Waals surface area contributed by atoms with Crippen molar-refractivity contribution < 1.29 is 47.4 Å². The minimum atomic E-state index is -4.14. The van der Waals surface area contributed by atoms with Crippen molar-refractivity contribution in [1.82, 2.24) is 5.06 Å². The van der Waals surface area contributed by atoms with Gasteiger partial charge in [0, 0.05) is 13.1 Å². The van der Waals surface area contributed by atoms with E-state index in [0.717, 1.165) is 19.3 Å². The topological polar surface area (TPSA) is 69.7 Å². The van der Waals surface area contributed by atoms with E-state index < -0.39 is 10.1 Å². The zero-order chi connectivity index (χ0) is 11.7. The van der Waals surface area contributed by atoms with Gasteiger partial charge in [-0.1, -0.05) is 20.3 Å². The van der Waals surface area contributed by atoms with Crippen molar-refractivity contribution in [3.05, 3.63) is 0 Å². The van der Waals surface area contributed by atoms with E-state index in [1.807, 2.05) is 6.92 Å². The van der Waals surface area contributed by atoms with Gasteiger partial charge in [0.2, 0.25) is 0 Å². The van der Waals surface area contributed by atoms with Crippen LogP contribution in [0.2, 0.25) is 0 Å². The molecular formula is C9H20NNaO4S. The normalized spacial score (nSPS) is 11.5. The molecule has 0 aromatic rings. The summed E-state index contributed by atoms with van der Waals surface area (Å²) in [7, 11) is -4.14. The molecule has 0 aliphatic heterocycles. The fourth-order valence-electron chi connectivity index (χ4n) is 1.04. The first kappa shape index (κ1) is 19.2. The monoisotopic (exact) mass is 261 g/mol. The van der Waals surface area contributed by atoms with Crippen LogP contribution in [0.15, 0.2) is 0 Å². The Morgan fingerprint density at radius 3 is 2.25 bits per heavy atom. The second-order valence-corrected chi connectivity index (χ2v) is 4.90. The molecule has 0 saturated carbocycles. The van der Waals surface area contributed by atoms with Gasteiger partial charge in [-0.05, 0) is 12.8 Å². The molecule has 0 radical (unpaired) electrons. The average molecular weight is 261 g/mol. The van der Waals surface area contributed by atoms with Gasteiger partial charge in [-0.2, -0.15) is 5.06 Å². The van der Waals surface area contributed by atoms with Gasteiger partial charge in [-0.3, -0.25) is 4.84 Å². The molecule has 0 bridgehead atoms. The summed E-state index contributed by atoms with van der Waals surface area (Å²) in [6.07, 6.45) is 2.83. The van der Waals surface area contributed by atoms with Crippen molar-refractivity contribution in [3.63, 3.8) is 0 Å². The molecule has 0 aromatic carbocycles. The van der Waals surface area contributed by atoms with Crippen molar-refractivity contribution in [2.75, 3.05) is 25.4 Å². The quantitative estimate of drug-likeness (QED) is 0.207. The molecule has 0 N–H and O–H groups in total. The fraction of sp³-hybridized carbons (Fsp3) is 1.00. The van der Waals surface area contributed by atoms with E-state index in [0.29, 0.717) is 13.2 Å². The minimum absolute atomic E-state index is 0. The minimum Gasteiger partial charge on any atom is -0.748 e. The molecule has 0 saturated heterocycles. The maximum atomic E-state index is 10.4. The molecule has 0 aromatic heterocycles. The van der Waals surface area contributed by atoms with E-state index in [-0.39, 0.29) is 41.9 Å². The first-order valence-corrected chi connectivity index (χ1v) is 6.88. The largest absolute Gasteiger partial charge is 1.00 e. The third-order valence-corrected chi connectivity index (χ3v) is 2.52. The van der Waals surface area contributed by atoms with Crippen LogP contribution in [0, 0.1) is 0 Å². The molecule has 5 nitrogen and oxygen atoms in total. The standard InChI is InChI=1S/C9H21NO4S.Na/c1-3-5-8-14-10(6-4-2)7-9-15(11,12)13;/h3-9H2,1-2H3,(H,11,12,13);/q;+1/p-1. The van der Waals surface area contributed by atoms with E-state index in [9.17, 15) is 13.0 Å². The van der Waals surface area contributed by atoms with Crippen LogP contribution in [-0.2, 0) is 15.0 Å². The van der Waals surface area contributed by atoms with Crippen molar-refractivity contribution in [1.29, 1.82) is 0 Å². The first-order chi connectivity index (χ1) is 6.99. The molecule has 0 atom stereocenters. The summed E-state index contributed by atoms with van der Waals surface area (Å²) >= 11 is 0. The van der Waals surface area contributed by atoms with Crippen LogP contribution in [0.25, 0.3) is 0 Å². The molecule has 7 heteroatoms. The summed E-state index contributed by atoms with van der Waals surface area (Å²) in [5, 5.41) is 1.56. The number of unbranched alkanes of at least 4 members (excludes halogenated alkanes) is 1. The number of hydroxylamine groups is 2. The average Bonchev–Trinajstić information content (AvgIpc) is 2.13. The van der Waals surface area contributed by atoms with Crippen molar-refractivity contribution in [3.8, 4) is 0 Å². The molecule has 0 aliphatic rings. The zero-order valence-corrected chi connectivity index (χ0v) is 13.3. The van der Waals surface area contributed by atoms with Crippen LogP contribution in [0.4, 0.5) is 0 Å². The van der Waals surface area contributed by atoms with Crippen LogP contribution in [0.3, 0.4) is 0 Å². The molecule has 0 amide bonds.